The fraction of sp³-hybridized carbons (Fsp3) is 0.562. The minimum absolute atomic E-state index is 0.00440. The van der Waals surface area contributed by atoms with Gasteiger partial charge in [-0.25, -0.2) is 0 Å². The molecule has 1 heterocycles. The topological polar surface area (TPSA) is 50.4 Å². The molecule has 0 aromatic heterocycles. The summed E-state index contributed by atoms with van der Waals surface area (Å²) >= 11 is 3.55. The van der Waals surface area contributed by atoms with Crippen LogP contribution < -0.4 is 15.4 Å². The summed E-state index contributed by atoms with van der Waals surface area (Å²) < 4.78 is 6.78. The molecule has 0 spiro atoms. The Labute approximate surface area is 134 Å². The summed E-state index contributed by atoms with van der Waals surface area (Å²) in [5.41, 5.74) is 1.81. The van der Waals surface area contributed by atoms with Gasteiger partial charge in [-0.15, -0.1) is 0 Å². The van der Waals surface area contributed by atoms with Crippen molar-refractivity contribution in [2.75, 3.05) is 18.5 Å². The molecule has 0 radical (unpaired) electrons. The minimum Gasteiger partial charge on any atom is -0.492 e. The number of carbonyl (C=O) groups is 1. The largest absolute Gasteiger partial charge is 0.492 e. The van der Waals surface area contributed by atoms with Crippen LogP contribution in [0.15, 0.2) is 16.6 Å². The number of anilines is 1. The van der Waals surface area contributed by atoms with Crippen LogP contribution >= 0.6 is 15.9 Å². The van der Waals surface area contributed by atoms with Crippen molar-refractivity contribution in [1.82, 2.24) is 5.32 Å². The van der Waals surface area contributed by atoms with Gasteiger partial charge >= 0.3 is 0 Å². The monoisotopic (exact) mass is 354 g/mol. The molecule has 0 fully saturated rings. The molecule has 5 heteroatoms. The molecular weight excluding hydrogens is 332 g/mol. The molecule has 0 saturated carbocycles. The minimum atomic E-state index is -0.269. The number of ether oxygens (including phenoxy) is 1. The van der Waals surface area contributed by atoms with Gasteiger partial charge in [-0.05, 0) is 40.9 Å². The Bertz CT molecular complexity index is 519. The van der Waals surface area contributed by atoms with E-state index in [1.807, 2.05) is 19.1 Å². The smallest absolute Gasteiger partial charge is 0.246 e. The molecular formula is C16H23BrN2O2. The molecule has 1 aliphatic rings. The molecule has 1 aliphatic heterocycles. The normalized spacial score (nSPS) is 18.3. The van der Waals surface area contributed by atoms with Crippen LogP contribution in [-0.2, 0) is 4.79 Å². The van der Waals surface area contributed by atoms with Gasteiger partial charge in [0.1, 0.15) is 11.8 Å². The summed E-state index contributed by atoms with van der Waals surface area (Å²) in [4.78, 5) is 12.0. The maximum Gasteiger partial charge on any atom is 0.246 e. The van der Waals surface area contributed by atoms with Crippen molar-refractivity contribution < 1.29 is 9.53 Å². The zero-order chi connectivity index (χ0) is 15.4. The number of carbonyl (C=O) groups excluding carboxylic acids is 1. The maximum atomic E-state index is 12.0. The summed E-state index contributed by atoms with van der Waals surface area (Å²) in [7, 11) is 0. The van der Waals surface area contributed by atoms with E-state index in [2.05, 4.69) is 40.4 Å². The summed E-state index contributed by atoms with van der Waals surface area (Å²) in [5, 5.41) is 6.10. The van der Waals surface area contributed by atoms with Crippen molar-refractivity contribution in [3.8, 4) is 5.75 Å². The van der Waals surface area contributed by atoms with Gasteiger partial charge in [-0.1, -0.05) is 27.2 Å². The fourth-order valence-electron chi connectivity index (χ4n) is 2.59. The molecule has 0 saturated heterocycles. The van der Waals surface area contributed by atoms with Crippen molar-refractivity contribution in [1.29, 1.82) is 0 Å². The number of amides is 1. The van der Waals surface area contributed by atoms with Crippen LogP contribution in [0.5, 0.6) is 5.75 Å². The van der Waals surface area contributed by atoms with E-state index in [4.69, 9.17) is 4.74 Å². The number of benzene rings is 1. The van der Waals surface area contributed by atoms with Gasteiger partial charge in [0.25, 0.3) is 0 Å². The van der Waals surface area contributed by atoms with E-state index in [-0.39, 0.29) is 11.9 Å². The molecule has 0 bridgehead atoms. The van der Waals surface area contributed by atoms with Gasteiger partial charge in [-0.3, -0.25) is 4.79 Å². The highest BCUT2D eigenvalue weighted by Crippen LogP contribution is 2.38. The van der Waals surface area contributed by atoms with Crippen LogP contribution in [0.4, 0.5) is 5.69 Å². The number of nitrogens with one attached hydrogen (secondary N) is 2. The second kappa shape index (κ2) is 7.27. The number of hydrogen-bond acceptors (Lipinski definition) is 3. The summed E-state index contributed by atoms with van der Waals surface area (Å²) in [6.45, 7) is 7.80. The molecule has 1 aromatic carbocycles. The highest BCUT2D eigenvalue weighted by molar-refractivity contribution is 9.10. The standard InChI is InChI=1S/C16H23BrN2O2/c1-4-6-10(3)9-21-14-8-13-11(7-12(14)17)15(18-5-2)16(20)19-13/h7-8,10,15,18H,4-6,9H2,1-3H3,(H,19,20). The van der Waals surface area contributed by atoms with E-state index < -0.39 is 0 Å². The number of hydrogen-bond donors (Lipinski definition) is 2. The van der Waals surface area contributed by atoms with Crippen molar-refractivity contribution in [3.63, 3.8) is 0 Å². The van der Waals surface area contributed by atoms with Crippen molar-refractivity contribution >= 4 is 27.5 Å². The average molecular weight is 355 g/mol. The quantitative estimate of drug-likeness (QED) is 0.781. The molecule has 0 aliphatic carbocycles. The summed E-state index contributed by atoms with van der Waals surface area (Å²) in [5.74, 6) is 1.31. The van der Waals surface area contributed by atoms with Gasteiger partial charge in [-0.2, -0.15) is 0 Å². The third kappa shape index (κ3) is 3.77. The molecule has 21 heavy (non-hydrogen) atoms. The van der Waals surface area contributed by atoms with Crippen LogP contribution in [0, 0.1) is 5.92 Å². The van der Waals surface area contributed by atoms with E-state index in [9.17, 15) is 4.79 Å². The Morgan fingerprint density at radius 3 is 2.86 bits per heavy atom. The first-order valence-corrected chi connectivity index (χ1v) is 8.36. The molecule has 4 nitrogen and oxygen atoms in total. The van der Waals surface area contributed by atoms with Gasteiger partial charge < -0.3 is 15.4 Å². The van der Waals surface area contributed by atoms with E-state index in [1.54, 1.807) is 0 Å². The van der Waals surface area contributed by atoms with Crippen LogP contribution in [0.25, 0.3) is 0 Å². The van der Waals surface area contributed by atoms with E-state index in [0.29, 0.717) is 12.5 Å². The van der Waals surface area contributed by atoms with Crippen LogP contribution in [0.2, 0.25) is 0 Å². The van der Waals surface area contributed by atoms with E-state index >= 15 is 0 Å². The molecule has 2 atom stereocenters. The fourth-order valence-corrected chi connectivity index (χ4v) is 3.06. The first-order valence-electron chi connectivity index (χ1n) is 7.57. The summed E-state index contributed by atoms with van der Waals surface area (Å²) in [6.07, 6.45) is 2.32. The third-order valence-corrected chi connectivity index (χ3v) is 4.27. The number of rotatable bonds is 7. The second-order valence-electron chi connectivity index (χ2n) is 5.55. The number of likely N-dealkylation sites (N-methyl/N-ethyl adjacent to an activating group) is 1. The van der Waals surface area contributed by atoms with E-state index in [0.717, 1.165) is 40.9 Å². The van der Waals surface area contributed by atoms with Gasteiger partial charge in [0, 0.05) is 17.3 Å². The van der Waals surface area contributed by atoms with Crippen LogP contribution in [0.1, 0.15) is 45.2 Å². The van der Waals surface area contributed by atoms with Gasteiger partial charge in [0.05, 0.1) is 11.1 Å². The third-order valence-electron chi connectivity index (χ3n) is 3.65. The maximum absolute atomic E-state index is 12.0. The molecule has 2 unspecified atom stereocenters. The zero-order valence-electron chi connectivity index (χ0n) is 12.8. The lowest BCUT2D eigenvalue weighted by atomic mass is 10.1. The zero-order valence-corrected chi connectivity index (χ0v) is 14.4. The lowest BCUT2D eigenvalue weighted by molar-refractivity contribution is -0.117. The van der Waals surface area contributed by atoms with Crippen molar-refractivity contribution in [2.45, 2.75) is 39.7 Å². The van der Waals surface area contributed by atoms with Crippen molar-refractivity contribution in [3.05, 3.63) is 22.2 Å². The molecule has 1 amide bonds. The average Bonchev–Trinajstić information content (AvgIpc) is 2.73. The number of halogens is 1. The Kier molecular flexibility index (Phi) is 5.65. The lowest BCUT2D eigenvalue weighted by Gasteiger charge is -2.15. The molecule has 2 N–H and O–H groups in total. The van der Waals surface area contributed by atoms with Crippen LogP contribution in [0.3, 0.4) is 0 Å². The molecule has 1 aromatic rings. The Morgan fingerprint density at radius 2 is 2.19 bits per heavy atom. The Hall–Kier alpha value is -1.07. The van der Waals surface area contributed by atoms with Gasteiger partial charge in [0.2, 0.25) is 5.91 Å². The molecule has 2 rings (SSSR count). The Morgan fingerprint density at radius 1 is 1.43 bits per heavy atom. The van der Waals surface area contributed by atoms with Gasteiger partial charge in [0.15, 0.2) is 0 Å². The van der Waals surface area contributed by atoms with E-state index in [1.165, 1.54) is 0 Å². The lowest BCUT2D eigenvalue weighted by Crippen LogP contribution is -2.27. The first-order chi connectivity index (χ1) is 10.1. The second-order valence-corrected chi connectivity index (χ2v) is 6.41. The SMILES string of the molecule is CCCC(C)COc1cc2c(cc1Br)C(NCC)C(=O)N2. The highest BCUT2D eigenvalue weighted by Gasteiger charge is 2.30. The Balaban J connectivity index is 2.13. The summed E-state index contributed by atoms with van der Waals surface area (Å²) in [6, 6.07) is 3.61. The first kappa shape index (κ1) is 16.3. The predicted molar refractivity (Wildman–Crippen MR) is 88.8 cm³/mol. The molecule has 116 valence electrons. The highest BCUT2D eigenvalue weighted by atomic mass is 79.9. The predicted octanol–water partition coefficient (Wildman–Crippen LogP) is 3.87. The number of fused-ring (bicyclic) bond motifs is 1. The van der Waals surface area contributed by atoms with Crippen molar-refractivity contribution in [2.24, 2.45) is 5.92 Å². The van der Waals surface area contributed by atoms with Crippen LogP contribution in [-0.4, -0.2) is 19.1 Å².